The monoisotopic (exact) mass is 253 g/mol. The van der Waals surface area contributed by atoms with Gasteiger partial charge in [-0.05, 0) is 38.6 Å². The maximum Gasteiger partial charge on any atom is 0.137 e. The molecule has 0 spiro atoms. The lowest BCUT2D eigenvalue weighted by Gasteiger charge is -2.36. The summed E-state index contributed by atoms with van der Waals surface area (Å²) in [5.41, 5.74) is 0. The van der Waals surface area contributed by atoms with E-state index in [0.717, 1.165) is 26.0 Å². The number of carbonyl (C=O) groups excluding carboxylic acids is 1. The van der Waals surface area contributed by atoms with E-state index in [4.69, 9.17) is 4.74 Å². The fourth-order valence-electron chi connectivity index (χ4n) is 3.72. The van der Waals surface area contributed by atoms with Crippen LogP contribution in [0.5, 0.6) is 0 Å². The van der Waals surface area contributed by atoms with Crippen LogP contribution in [-0.2, 0) is 9.53 Å². The van der Waals surface area contributed by atoms with Crippen LogP contribution in [0, 0.1) is 17.8 Å². The van der Waals surface area contributed by atoms with Crippen LogP contribution < -0.4 is 0 Å². The minimum absolute atomic E-state index is 0.235. The highest BCUT2D eigenvalue weighted by Crippen LogP contribution is 2.32. The lowest BCUT2D eigenvalue weighted by molar-refractivity contribution is -0.128. The van der Waals surface area contributed by atoms with Crippen molar-refractivity contribution in [1.82, 2.24) is 4.90 Å². The number of nitrogens with zero attached hydrogens (tertiary/aromatic N) is 1. The molecular weight excluding hydrogens is 226 g/mol. The molecule has 1 saturated heterocycles. The smallest absolute Gasteiger partial charge is 0.137 e. The van der Waals surface area contributed by atoms with Crippen LogP contribution in [0.3, 0.4) is 0 Å². The molecule has 1 saturated carbocycles. The van der Waals surface area contributed by atoms with E-state index in [2.05, 4.69) is 32.7 Å². The molecule has 5 unspecified atom stereocenters. The second-order valence-electron chi connectivity index (χ2n) is 6.47. The first-order chi connectivity index (χ1) is 8.49. The van der Waals surface area contributed by atoms with Crippen molar-refractivity contribution >= 4 is 5.78 Å². The standard InChI is InChI=1S/C15H27NO2/c1-10-7-11(2)13(15(17)8-10)9-16(4)14-5-6-18-12(14)3/h10-14H,5-9H2,1-4H3. The summed E-state index contributed by atoms with van der Waals surface area (Å²) in [6, 6.07) is 0.490. The Labute approximate surface area is 111 Å². The van der Waals surface area contributed by atoms with Gasteiger partial charge in [0.05, 0.1) is 6.10 Å². The minimum Gasteiger partial charge on any atom is -0.377 e. The molecule has 2 fully saturated rings. The van der Waals surface area contributed by atoms with Crippen molar-refractivity contribution in [3.8, 4) is 0 Å². The van der Waals surface area contributed by atoms with Gasteiger partial charge in [0.25, 0.3) is 0 Å². The van der Waals surface area contributed by atoms with E-state index < -0.39 is 0 Å². The number of ether oxygens (including phenoxy) is 1. The van der Waals surface area contributed by atoms with E-state index in [0.29, 0.717) is 29.8 Å². The molecule has 1 aliphatic carbocycles. The van der Waals surface area contributed by atoms with E-state index in [1.54, 1.807) is 0 Å². The Balaban J connectivity index is 1.93. The summed E-state index contributed by atoms with van der Waals surface area (Å²) in [6.45, 7) is 8.34. The summed E-state index contributed by atoms with van der Waals surface area (Å²) in [4.78, 5) is 14.5. The van der Waals surface area contributed by atoms with E-state index in [1.165, 1.54) is 6.42 Å². The SMILES string of the molecule is CC1CC(=O)C(CN(C)C2CCOC2C)C(C)C1. The zero-order valence-corrected chi connectivity index (χ0v) is 12.2. The van der Waals surface area contributed by atoms with E-state index in [9.17, 15) is 4.79 Å². The van der Waals surface area contributed by atoms with Gasteiger partial charge in [0.2, 0.25) is 0 Å². The quantitative estimate of drug-likeness (QED) is 0.773. The number of ketones is 1. The van der Waals surface area contributed by atoms with Crippen LogP contribution in [-0.4, -0.2) is 43.0 Å². The molecule has 0 radical (unpaired) electrons. The molecule has 1 aliphatic heterocycles. The fourth-order valence-corrected chi connectivity index (χ4v) is 3.72. The Morgan fingerprint density at radius 2 is 2.06 bits per heavy atom. The third-order valence-corrected chi connectivity index (χ3v) is 4.81. The molecule has 18 heavy (non-hydrogen) atoms. The van der Waals surface area contributed by atoms with Gasteiger partial charge in [-0.3, -0.25) is 4.79 Å². The predicted octanol–water partition coefficient (Wildman–Crippen LogP) is 2.35. The normalized spacial score (nSPS) is 41.6. The summed E-state index contributed by atoms with van der Waals surface area (Å²) in [7, 11) is 2.15. The summed E-state index contributed by atoms with van der Waals surface area (Å²) < 4.78 is 5.62. The highest BCUT2D eigenvalue weighted by molar-refractivity contribution is 5.82. The number of rotatable bonds is 3. The summed E-state index contributed by atoms with van der Waals surface area (Å²) >= 11 is 0. The van der Waals surface area contributed by atoms with Crippen LogP contribution in [0.2, 0.25) is 0 Å². The van der Waals surface area contributed by atoms with E-state index in [1.807, 2.05) is 0 Å². The average Bonchev–Trinajstić information content (AvgIpc) is 2.69. The van der Waals surface area contributed by atoms with Crippen molar-refractivity contribution in [3.05, 3.63) is 0 Å². The van der Waals surface area contributed by atoms with Gasteiger partial charge in [0, 0.05) is 31.5 Å². The van der Waals surface area contributed by atoms with Crippen molar-refractivity contribution < 1.29 is 9.53 Å². The first-order valence-electron chi connectivity index (χ1n) is 7.33. The first kappa shape index (κ1) is 14.0. The zero-order valence-electron chi connectivity index (χ0n) is 12.2. The molecule has 2 rings (SSSR count). The topological polar surface area (TPSA) is 29.5 Å². The highest BCUT2D eigenvalue weighted by atomic mass is 16.5. The number of carbonyl (C=O) groups is 1. The molecule has 0 N–H and O–H groups in total. The molecule has 3 nitrogen and oxygen atoms in total. The Morgan fingerprint density at radius 1 is 1.33 bits per heavy atom. The van der Waals surface area contributed by atoms with Gasteiger partial charge in [-0.25, -0.2) is 0 Å². The van der Waals surface area contributed by atoms with Crippen molar-refractivity contribution in [2.45, 2.75) is 52.2 Å². The molecule has 104 valence electrons. The summed E-state index contributed by atoms with van der Waals surface area (Å²) in [5.74, 6) is 1.81. The Morgan fingerprint density at radius 3 is 2.61 bits per heavy atom. The third kappa shape index (κ3) is 2.94. The molecule has 2 aliphatic rings. The van der Waals surface area contributed by atoms with Crippen LogP contribution in [0.1, 0.15) is 40.0 Å². The molecule has 3 heteroatoms. The largest absolute Gasteiger partial charge is 0.377 e. The van der Waals surface area contributed by atoms with E-state index >= 15 is 0 Å². The average molecular weight is 253 g/mol. The fraction of sp³-hybridized carbons (Fsp3) is 0.933. The van der Waals surface area contributed by atoms with Crippen LogP contribution >= 0.6 is 0 Å². The number of hydrogen-bond donors (Lipinski definition) is 0. The molecular formula is C15H27NO2. The Hall–Kier alpha value is -0.410. The number of Topliss-reactive ketones (excluding diaryl/α,β-unsaturated/α-hetero) is 1. The van der Waals surface area contributed by atoms with Crippen molar-refractivity contribution in [2.75, 3.05) is 20.2 Å². The van der Waals surface area contributed by atoms with Crippen LogP contribution in [0.15, 0.2) is 0 Å². The molecule has 0 aromatic rings. The van der Waals surface area contributed by atoms with Crippen molar-refractivity contribution in [1.29, 1.82) is 0 Å². The number of hydrogen-bond acceptors (Lipinski definition) is 3. The Kier molecular flexibility index (Phi) is 4.44. The van der Waals surface area contributed by atoms with Gasteiger partial charge in [-0.2, -0.15) is 0 Å². The van der Waals surface area contributed by atoms with Crippen molar-refractivity contribution in [3.63, 3.8) is 0 Å². The van der Waals surface area contributed by atoms with Gasteiger partial charge < -0.3 is 9.64 Å². The highest BCUT2D eigenvalue weighted by Gasteiger charge is 2.36. The van der Waals surface area contributed by atoms with Crippen LogP contribution in [0.25, 0.3) is 0 Å². The molecule has 0 amide bonds. The lowest BCUT2D eigenvalue weighted by Crippen LogP contribution is -2.44. The number of likely N-dealkylation sites (N-methyl/N-ethyl adjacent to an activating group) is 1. The second kappa shape index (κ2) is 5.70. The first-order valence-corrected chi connectivity index (χ1v) is 7.33. The predicted molar refractivity (Wildman–Crippen MR) is 72.5 cm³/mol. The van der Waals surface area contributed by atoms with Gasteiger partial charge in [-0.15, -0.1) is 0 Å². The van der Waals surface area contributed by atoms with E-state index in [-0.39, 0.29) is 5.92 Å². The summed E-state index contributed by atoms with van der Waals surface area (Å²) in [5, 5.41) is 0. The second-order valence-corrected chi connectivity index (χ2v) is 6.47. The van der Waals surface area contributed by atoms with Gasteiger partial charge in [0.15, 0.2) is 0 Å². The molecule has 0 aromatic carbocycles. The van der Waals surface area contributed by atoms with Gasteiger partial charge in [0.1, 0.15) is 5.78 Å². The molecule has 5 atom stereocenters. The van der Waals surface area contributed by atoms with Gasteiger partial charge >= 0.3 is 0 Å². The minimum atomic E-state index is 0.235. The lowest BCUT2D eigenvalue weighted by atomic mass is 9.74. The third-order valence-electron chi connectivity index (χ3n) is 4.81. The zero-order chi connectivity index (χ0) is 13.3. The Bertz CT molecular complexity index is 305. The summed E-state index contributed by atoms with van der Waals surface area (Å²) in [6.07, 6.45) is 3.38. The van der Waals surface area contributed by atoms with Gasteiger partial charge in [-0.1, -0.05) is 13.8 Å². The molecule has 0 bridgehead atoms. The van der Waals surface area contributed by atoms with Crippen molar-refractivity contribution in [2.24, 2.45) is 17.8 Å². The van der Waals surface area contributed by atoms with Crippen LogP contribution in [0.4, 0.5) is 0 Å². The molecule has 0 aromatic heterocycles. The maximum absolute atomic E-state index is 12.2. The maximum atomic E-state index is 12.2. The molecule has 1 heterocycles.